The molecule has 2 heterocycles. The lowest BCUT2D eigenvalue weighted by Gasteiger charge is -2.11. The molecule has 5 fully saturated rings. The van der Waals surface area contributed by atoms with Crippen molar-refractivity contribution in [1.82, 2.24) is 0 Å². The molecule has 312 valence electrons. The number of ether oxygens (including phenoxy) is 2. The summed E-state index contributed by atoms with van der Waals surface area (Å²) in [6.45, 7) is 3.45. The molecule has 0 radical (unpaired) electrons. The van der Waals surface area contributed by atoms with Crippen LogP contribution in [0.3, 0.4) is 0 Å². The SMILES string of the molecule is C.CC[C@H]1CO1.N#CCc1cccc(F)c1.N#C[C@@]1(c2cccc(F)c2)C[C@H]1CO.O=C(O)[C@@]1(c2cccc(F)c2)C[C@H]1CO.O=C1OC[C@@H]2C[C@]12c1cccc(F)c1. The number of halogens is 4. The van der Waals surface area contributed by atoms with Crippen molar-refractivity contribution in [3.63, 3.8) is 0 Å². The summed E-state index contributed by atoms with van der Waals surface area (Å²) in [5.74, 6) is -2.59. The summed E-state index contributed by atoms with van der Waals surface area (Å²) in [4.78, 5) is 22.6. The third-order valence-electron chi connectivity index (χ3n) is 11.2. The number of aliphatic hydroxyl groups excluding tert-OH is 2. The molecule has 0 amide bonds. The van der Waals surface area contributed by atoms with Crippen molar-refractivity contribution in [2.45, 2.75) is 68.8 Å². The second kappa shape index (κ2) is 19.9. The molecule has 3 aliphatic carbocycles. The summed E-state index contributed by atoms with van der Waals surface area (Å²) in [7, 11) is 0. The molecular formula is C46H48F4N2O7. The minimum atomic E-state index is -1.07. The number of carboxylic acids is 1. The van der Waals surface area contributed by atoms with Gasteiger partial charge in [-0.15, -0.1) is 0 Å². The Bertz CT molecular complexity index is 2170. The van der Waals surface area contributed by atoms with Crippen molar-refractivity contribution in [2.75, 3.05) is 26.4 Å². The number of esters is 1. The lowest BCUT2D eigenvalue weighted by Crippen LogP contribution is -2.23. The Labute approximate surface area is 341 Å². The Morgan fingerprint density at radius 2 is 1.29 bits per heavy atom. The van der Waals surface area contributed by atoms with Gasteiger partial charge < -0.3 is 24.8 Å². The highest BCUT2D eigenvalue weighted by molar-refractivity contribution is 5.89. The maximum Gasteiger partial charge on any atom is 0.317 e. The number of epoxide rings is 1. The zero-order valence-electron chi connectivity index (χ0n) is 31.8. The van der Waals surface area contributed by atoms with Gasteiger partial charge in [0.15, 0.2) is 0 Å². The van der Waals surface area contributed by atoms with E-state index in [0.717, 1.165) is 24.2 Å². The summed E-state index contributed by atoms with van der Waals surface area (Å²) in [6, 6.07) is 28.1. The maximum absolute atomic E-state index is 13.0. The van der Waals surface area contributed by atoms with E-state index in [9.17, 15) is 27.2 Å². The predicted molar refractivity (Wildman–Crippen MR) is 209 cm³/mol. The summed E-state index contributed by atoms with van der Waals surface area (Å²) in [6.07, 6.45) is 3.92. The van der Waals surface area contributed by atoms with E-state index in [0.29, 0.717) is 36.7 Å². The highest BCUT2D eigenvalue weighted by atomic mass is 19.1. The first kappa shape index (κ1) is 46.1. The number of nitrogens with zero attached hydrogens (tertiary/aromatic N) is 2. The molecule has 0 spiro atoms. The fraction of sp³-hybridized carbons (Fsp3) is 0.391. The van der Waals surface area contributed by atoms with E-state index >= 15 is 0 Å². The number of fused-ring (bicyclic) bond motifs is 1. The van der Waals surface area contributed by atoms with Gasteiger partial charge in [0.2, 0.25) is 0 Å². The highest BCUT2D eigenvalue weighted by Gasteiger charge is 2.67. The predicted octanol–water partition coefficient (Wildman–Crippen LogP) is 7.72. The Hall–Kier alpha value is -5.60. The second-order valence-electron chi connectivity index (χ2n) is 14.9. The van der Waals surface area contributed by atoms with Crippen molar-refractivity contribution in [1.29, 1.82) is 10.5 Å². The summed E-state index contributed by atoms with van der Waals surface area (Å²) < 4.78 is 61.1. The molecule has 0 aromatic heterocycles. The molecule has 3 N–H and O–H groups in total. The van der Waals surface area contributed by atoms with Gasteiger partial charge in [-0.2, -0.15) is 10.5 Å². The summed E-state index contributed by atoms with van der Waals surface area (Å²) in [5.41, 5.74) is 0.399. The number of hydrogen-bond acceptors (Lipinski definition) is 8. The van der Waals surface area contributed by atoms with Crippen LogP contribution >= 0.6 is 0 Å². The van der Waals surface area contributed by atoms with Gasteiger partial charge in [0.1, 0.15) is 23.3 Å². The fourth-order valence-corrected chi connectivity index (χ4v) is 7.29. The van der Waals surface area contributed by atoms with Gasteiger partial charge in [-0.05, 0) is 96.5 Å². The van der Waals surface area contributed by atoms with Gasteiger partial charge in [-0.3, -0.25) is 9.59 Å². The van der Waals surface area contributed by atoms with Gasteiger partial charge in [0, 0.05) is 31.0 Å². The third-order valence-corrected chi connectivity index (χ3v) is 11.2. The number of rotatable bonds is 8. The van der Waals surface area contributed by atoms with Gasteiger partial charge >= 0.3 is 11.9 Å². The first-order chi connectivity index (χ1) is 27.8. The molecule has 4 aromatic rings. The van der Waals surface area contributed by atoms with Crippen molar-refractivity contribution >= 4 is 11.9 Å². The normalized spacial score (nSPS) is 26.8. The number of carboxylic acid groups (broad SMARTS) is 1. The monoisotopic (exact) mass is 816 g/mol. The molecule has 0 bridgehead atoms. The van der Waals surface area contributed by atoms with Gasteiger partial charge in [0.25, 0.3) is 0 Å². The first-order valence-electron chi connectivity index (χ1n) is 18.9. The van der Waals surface area contributed by atoms with E-state index in [-0.39, 0.29) is 68.2 Å². The molecule has 9 rings (SSSR count). The average Bonchev–Trinajstić information content (AvgIpc) is 4.07. The molecular weight excluding hydrogens is 769 g/mol. The standard InChI is InChI=1S/C11H10FNO.C11H11FO3.C11H9FO2.C8H6FN.C4H8O.CH4/c12-10-3-1-2-8(4-10)11(7-13)5-9(11)6-14;12-9-3-1-2-7(4-9)11(10(14)15)5-8(11)6-13;12-9-3-1-2-7(4-9)11-5-8(11)6-14-10(11)13;9-8-3-1-2-7(6-8)4-5-10;1-2-4-3-5-4;/h1-4,9,14H,5-6H2;1-4,8,13H,5-6H2,(H,14,15);1-4,8H,5-6H2;1-3,6H,4H2;4H,2-3H2,1H3;1H4/t9-,11+;2*8-,11+;;4-;/m000.0./s1. The number of cyclic esters (lactones) is 1. The van der Waals surface area contributed by atoms with E-state index in [4.69, 9.17) is 35.3 Å². The highest BCUT2D eigenvalue weighted by Crippen LogP contribution is 2.59. The van der Waals surface area contributed by atoms with E-state index in [1.165, 1.54) is 61.0 Å². The smallest absolute Gasteiger partial charge is 0.317 e. The Balaban J connectivity index is 0.000000167. The first-order valence-corrected chi connectivity index (χ1v) is 18.9. The zero-order valence-corrected chi connectivity index (χ0v) is 31.8. The molecule has 7 atom stereocenters. The molecule has 59 heavy (non-hydrogen) atoms. The topological polar surface area (TPSA) is 164 Å². The van der Waals surface area contributed by atoms with Crippen LogP contribution in [0.1, 0.15) is 62.3 Å². The fourth-order valence-electron chi connectivity index (χ4n) is 7.29. The van der Waals surface area contributed by atoms with E-state index in [1.54, 1.807) is 42.5 Å². The van der Waals surface area contributed by atoms with E-state index < -0.39 is 28.0 Å². The number of nitriles is 2. The maximum atomic E-state index is 13.0. The number of carbonyl (C=O) groups excluding carboxylic acids is 1. The number of aliphatic carboxylic acids is 1. The summed E-state index contributed by atoms with van der Waals surface area (Å²) in [5, 5.41) is 44.3. The number of benzene rings is 4. The zero-order chi connectivity index (χ0) is 42.1. The molecule has 9 nitrogen and oxygen atoms in total. The van der Waals surface area contributed by atoms with Crippen LogP contribution in [0.15, 0.2) is 97.1 Å². The average molecular weight is 817 g/mol. The van der Waals surface area contributed by atoms with Crippen LogP contribution in [0.4, 0.5) is 17.6 Å². The molecule has 2 saturated heterocycles. The van der Waals surface area contributed by atoms with Crippen LogP contribution in [-0.2, 0) is 41.7 Å². The van der Waals surface area contributed by atoms with Gasteiger partial charge in [-0.1, -0.05) is 62.9 Å². The van der Waals surface area contributed by atoms with Crippen molar-refractivity contribution < 1.29 is 51.9 Å². The Morgan fingerprint density at radius 3 is 1.68 bits per heavy atom. The van der Waals surface area contributed by atoms with Crippen LogP contribution < -0.4 is 0 Å². The molecule has 5 aliphatic rings. The van der Waals surface area contributed by atoms with Gasteiger partial charge in [0.05, 0.1) is 54.1 Å². The minimum absolute atomic E-state index is 0. The summed E-state index contributed by atoms with van der Waals surface area (Å²) >= 11 is 0. The Morgan fingerprint density at radius 1 is 0.763 bits per heavy atom. The molecule has 13 heteroatoms. The van der Waals surface area contributed by atoms with Crippen LogP contribution in [0, 0.1) is 63.7 Å². The number of hydrogen-bond donors (Lipinski definition) is 3. The van der Waals surface area contributed by atoms with Crippen molar-refractivity contribution in [3.8, 4) is 12.1 Å². The van der Waals surface area contributed by atoms with E-state index in [2.05, 4.69) is 13.0 Å². The second-order valence-corrected chi connectivity index (χ2v) is 14.9. The molecule has 2 aliphatic heterocycles. The molecule has 3 saturated carbocycles. The number of aliphatic hydroxyl groups is 2. The lowest BCUT2D eigenvalue weighted by atomic mass is 9.93. The van der Waals surface area contributed by atoms with Crippen LogP contribution in [0.5, 0.6) is 0 Å². The van der Waals surface area contributed by atoms with Crippen LogP contribution in [0.25, 0.3) is 0 Å². The largest absolute Gasteiger partial charge is 0.481 e. The van der Waals surface area contributed by atoms with Crippen LogP contribution in [-0.4, -0.2) is 59.8 Å². The lowest BCUT2D eigenvalue weighted by molar-refractivity contribution is -0.142. The number of carbonyl (C=O) groups is 2. The Kier molecular flexibility index (Phi) is 15.5. The molecule has 4 aromatic carbocycles. The van der Waals surface area contributed by atoms with Crippen LogP contribution in [0.2, 0.25) is 0 Å². The van der Waals surface area contributed by atoms with Gasteiger partial charge in [-0.25, -0.2) is 17.6 Å². The quantitative estimate of drug-likeness (QED) is 0.0918. The molecule has 0 unspecified atom stereocenters. The minimum Gasteiger partial charge on any atom is -0.481 e. The third kappa shape index (κ3) is 10.7. The van der Waals surface area contributed by atoms with Crippen molar-refractivity contribution in [2.24, 2.45) is 17.8 Å². The van der Waals surface area contributed by atoms with Crippen molar-refractivity contribution in [3.05, 3.63) is 143 Å². The van der Waals surface area contributed by atoms with E-state index in [1.807, 2.05) is 6.07 Å².